The van der Waals surface area contributed by atoms with E-state index in [1.807, 2.05) is 36.4 Å². The molecule has 19 heavy (non-hydrogen) atoms. The summed E-state index contributed by atoms with van der Waals surface area (Å²) >= 11 is 2.03. The summed E-state index contributed by atoms with van der Waals surface area (Å²) in [5.74, 6) is -0.862. The highest BCUT2D eigenvalue weighted by Crippen LogP contribution is 2.23. The predicted molar refractivity (Wildman–Crippen MR) is 79.5 cm³/mol. The van der Waals surface area contributed by atoms with Crippen LogP contribution in [-0.4, -0.2) is 29.1 Å². The van der Waals surface area contributed by atoms with Crippen molar-refractivity contribution in [1.82, 2.24) is 5.32 Å². The standard InChI is InChI=1S/C13H16INO4/c1-7(2)15-12(16)8(3)19-11-6-9(13(17)18)4-5-10(11)14/h4-8H,1-3H3,(H,15,16)(H,17,18). The number of ether oxygens (including phenoxy) is 1. The van der Waals surface area contributed by atoms with E-state index >= 15 is 0 Å². The fourth-order valence-corrected chi connectivity index (χ4v) is 1.84. The van der Waals surface area contributed by atoms with Crippen LogP contribution in [0.25, 0.3) is 0 Å². The monoisotopic (exact) mass is 377 g/mol. The van der Waals surface area contributed by atoms with Crippen LogP contribution in [0, 0.1) is 3.57 Å². The molecule has 0 fully saturated rings. The number of hydrogen-bond donors (Lipinski definition) is 2. The Morgan fingerprint density at radius 1 is 1.32 bits per heavy atom. The fraction of sp³-hybridized carbons (Fsp3) is 0.385. The average Bonchev–Trinajstić information content (AvgIpc) is 2.30. The molecule has 0 aromatic heterocycles. The van der Waals surface area contributed by atoms with Crippen LogP contribution in [0.5, 0.6) is 5.75 Å². The summed E-state index contributed by atoms with van der Waals surface area (Å²) in [7, 11) is 0. The summed E-state index contributed by atoms with van der Waals surface area (Å²) in [5, 5.41) is 11.7. The van der Waals surface area contributed by atoms with Gasteiger partial charge >= 0.3 is 5.97 Å². The van der Waals surface area contributed by atoms with Crippen molar-refractivity contribution < 1.29 is 19.4 Å². The van der Waals surface area contributed by atoms with Gasteiger partial charge in [0.15, 0.2) is 6.10 Å². The molecule has 104 valence electrons. The summed E-state index contributed by atoms with van der Waals surface area (Å²) in [6.45, 7) is 5.35. The number of carbonyl (C=O) groups excluding carboxylic acids is 1. The first-order chi connectivity index (χ1) is 8.81. The normalized spacial score (nSPS) is 12.1. The van der Waals surface area contributed by atoms with E-state index in [9.17, 15) is 9.59 Å². The molecule has 0 radical (unpaired) electrons. The van der Waals surface area contributed by atoms with Crippen LogP contribution in [0.4, 0.5) is 0 Å². The van der Waals surface area contributed by atoms with Gasteiger partial charge < -0.3 is 15.2 Å². The molecular formula is C13H16INO4. The van der Waals surface area contributed by atoms with Crippen molar-refractivity contribution in [2.24, 2.45) is 0 Å². The second-order valence-corrected chi connectivity index (χ2v) is 5.54. The lowest BCUT2D eigenvalue weighted by Crippen LogP contribution is -2.40. The lowest BCUT2D eigenvalue weighted by Gasteiger charge is -2.17. The van der Waals surface area contributed by atoms with Crippen LogP contribution in [0.15, 0.2) is 18.2 Å². The Labute approximate surface area is 125 Å². The number of benzene rings is 1. The maximum absolute atomic E-state index is 11.7. The van der Waals surface area contributed by atoms with E-state index in [2.05, 4.69) is 5.32 Å². The van der Waals surface area contributed by atoms with Crippen molar-refractivity contribution in [3.63, 3.8) is 0 Å². The number of aromatic carboxylic acids is 1. The summed E-state index contributed by atoms with van der Waals surface area (Å²) < 4.78 is 6.27. The largest absolute Gasteiger partial charge is 0.480 e. The van der Waals surface area contributed by atoms with Gasteiger partial charge in [0, 0.05) is 6.04 Å². The van der Waals surface area contributed by atoms with E-state index in [0.29, 0.717) is 5.75 Å². The summed E-state index contributed by atoms with van der Waals surface area (Å²) in [4.78, 5) is 22.6. The molecule has 5 nitrogen and oxygen atoms in total. The minimum atomic E-state index is -1.03. The molecule has 0 saturated heterocycles. The maximum atomic E-state index is 11.7. The van der Waals surface area contributed by atoms with Gasteiger partial charge in [-0.25, -0.2) is 4.79 Å². The molecule has 0 aliphatic heterocycles. The molecule has 1 aromatic carbocycles. The summed E-state index contributed by atoms with van der Waals surface area (Å²) in [5.41, 5.74) is 0.131. The van der Waals surface area contributed by atoms with E-state index in [4.69, 9.17) is 9.84 Å². The SMILES string of the molecule is CC(C)NC(=O)C(C)Oc1cc(C(=O)O)ccc1I. The lowest BCUT2D eigenvalue weighted by molar-refractivity contribution is -0.127. The predicted octanol–water partition coefficient (Wildman–Crippen LogP) is 2.28. The molecular weight excluding hydrogens is 361 g/mol. The van der Waals surface area contributed by atoms with Gasteiger partial charge in [-0.2, -0.15) is 0 Å². The Morgan fingerprint density at radius 3 is 2.47 bits per heavy atom. The number of carbonyl (C=O) groups is 2. The van der Waals surface area contributed by atoms with Gasteiger partial charge in [-0.05, 0) is 61.6 Å². The highest BCUT2D eigenvalue weighted by Gasteiger charge is 2.17. The van der Waals surface area contributed by atoms with Crippen molar-refractivity contribution >= 4 is 34.5 Å². The molecule has 0 heterocycles. The summed E-state index contributed by atoms with van der Waals surface area (Å²) in [6, 6.07) is 4.59. The Morgan fingerprint density at radius 2 is 1.95 bits per heavy atom. The average molecular weight is 377 g/mol. The molecule has 6 heteroatoms. The Kier molecular flexibility index (Phi) is 5.59. The Balaban J connectivity index is 2.84. The van der Waals surface area contributed by atoms with Crippen molar-refractivity contribution in [3.05, 3.63) is 27.3 Å². The van der Waals surface area contributed by atoms with Crippen molar-refractivity contribution in [2.75, 3.05) is 0 Å². The van der Waals surface area contributed by atoms with Gasteiger partial charge in [-0.3, -0.25) is 4.79 Å². The molecule has 0 spiro atoms. The highest BCUT2D eigenvalue weighted by atomic mass is 127. The zero-order chi connectivity index (χ0) is 14.6. The highest BCUT2D eigenvalue weighted by molar-refractivity contribution is 14.1. The molecule has 0 bridgehead atoms. The zero-order valence-electron chi connectivity index (χ0n) is 10.9. The van der Waals surface area contributed by atoms with E-state index in [-0.39, 0.29) is 17.5 Å². The second kappa shape index (κ2) is 6.74. The number of amides is 1. The number of rotatable bonds is 5. The third-order valence-corrected chi connectivity index (χ3v) is 3.17. The number of hydrogen-bond acceptors (Lipinski definition) is 3. The Bertz CT molecular complexity index is 488. The third-order valence-electron chi connectivity index (χ3n) is 2.28. The van der Waals surface area contributed by atoms with Crippen LogP contribution >= 0.6 is 22.6 Å². The molecule has 1 amide bonds. The van der Waals surface area contributed by atoms with Gasteiger partial charge in [0.05, 0.1) is 9.13 Å². The van der Waals surface area contributed by atoms with E-state index < -0.39 is 12.1 Å². The number of carboxylic acids is 1. The zero-order valence-corrected chi connectivity index (χ0v) is 13.1. The van der Waals surface area contributed by atoms with Crippen LogP contribution in [0.1, 0.15) is 31.1 Å². The summed E-state index contributed by atoms with van der Waals surface area (Å²) in [6.07, 6.45) is -0.681. The van der Waals surface area contributed by atoms with Gasteiger partial charge in [0.2, 0.25) is 0 Å². The lowest BCUT2D eigenvalue weighted by atomic mass is 10.2. The van der Waals surface area contributed by atoms with Gasteiger partial charge in [0.25, 0.3) is 5.91 Å². The third kappa shape index (κ3) is 4.70. The number of halogens is 1. The second-order valence-electron chi connectivity index (χ2n) is 4.37. The van der Waals surface area contributed by atoms with Crippen LogP contribution in [0.2, 0.25) is 0 Å². The molecule has 0 aliphatic rings. The molecule has 1 atom stereocenters. The minimum absolute atomic E-state index is 0.0305. The topological polar surface area (TPSA) is 75.6 Å². The molecule has 1 rings (SSSR count). The van der Waals surface area contributed by atoms with E-state index in [1.165, 1.54) is 12.1 Å². The molecule has 1 unspecified atom stereocenters. The van der Waals surface area contributed by atoms with Crippen LogP contribution < -0.4 is 10.1 Å². The van der Waals surface area contributed by atoms with Crippen LogP contribution in [-0.2, 0) is 4.79 Å². The minimum Gasteiger partial charge on any atom is -0.480 e. The molecule has 0 saturated carbocycles. The number of nitrogens with one attached hydrogen (secondary N) is 1. The van der Waals surface area contributed by atoms with Crippen molar-refractivity contribution in [1.29, 1.82) is 0 Å². The first-order valence-corrected chi connectivity index (χ1v) is 6.89. The van der Waals surface area contributed by atoms with Crippen LogP contribution in [0.3, 0.4) is 0 Å². The molecule has 0 aliphatic carbocycles. The van der Waals surface area contributed by atoms with E-state index in [1.54, 1.807) is 13.0 Å². The number of carboxylic acid groups (broad SMARTS) is 1. The van der Waals surface area contributed by atoms with Gasteiger partial charge in [-0.15, -0.1) is 0 Å². The van der Waals surface area contributed by atoms with E-state index in [0.717, 1.165) is 3.57 Å². The van der Waals surface area contributed by atoms with Gasteiger partial charge in [0.1, 0.15) is 5.75 Å². The molecule has 2 N–H and O–H groups in total. The van der Waals surface area contributed by atoms with Crippen molar-refractivity contribution in [3.8, 4) is 5.75 Å². The van der Waals surface area contributed by atoms with Gasteiger partial charge in [-0.1, -0.05) is 0 Å². The fourth-order valence-electron chi connectivity index (χ4n) is 1.37. The first kappa shape index (κ1) is 15.7. The maximum Gasteiger partial charge on any atom is 0.335 e. The molecule has 1 aromatic rings. The quantitative estimate of drug-likeness (QED) is 0.773. The smallest absolute Gasteiger partial charge is 0.335 e. The van der Waals surface area contributed by atoms with Crippen molar-refractivity contribution in [2.45, 2.75) is 32.9 Å². The Hall–Kier alpha value is -1.31. The first-order valence-electron chi connectivity index (χ1n) is 5.81.